The molecule has 1 N–H and O–H groups in total. The van der Waals surface area contributed by atoms with E-state index in [1.54, 1.807) is 43.3 Å². The van der Waals surface area contributed by atoms with Crippen molar-refractivity contribution in [2.75, 3.05) is 13.7 Å². The summed E-state index contributed by atoms with van der Waals surface area (Å²) in [6, 6.07) is 14.0. The molecule has 0 saturated heterocycles. The molecule has 122 valence electrons. The molecule has 0 bridgehead atoms. The fourth-order valence-electron chi connectivity index (χ4n) is 2.16. The minimum Gasteiger partial charge on any atom is -0.465 e. The number of hydrogen-bond acceptors (Lipinski definition) is 4. The Morgan fingerprint density at radius 3 is 2.04 bits per heavy atom. The molecular weight excluding hydrogens is 315 g/mol. The predicted octanol–water partition coefficient (Wildman–Crippen LogP) is 2.91. The number of benzene rings is 2. The fourth-order valence-corrected chi connectivity index (χ4v) is 3.19. The Balaban J connectivity index is 2.09. The van der Waals surface area contributed by atoms with Crippen molar-refractivity contribution >= 4 is 18.9 Å². The maximum absolute atomic E-state index is 11.9. The van der Waals surface area contributed by atoms with Gasteiger partial charge in [-0.05, 0) is 48.7 Å². The molecule has 0 amide bonds. The van der Waals surface area contributed by atoms with Gasteiger partial charge in [0.05, 0.1) is 24.6 Å². The quantitative estimate of drug-likeness (QED) is 0.649. The summed E-state index contributed by atoms with van der Waals surface area (Å²) in [6.07, 6.45) is 0.659. The first-order chi connectivity index (χ1) is 11.0. The second-order valence-electron chi connectivity index (χ2n) is 4.97. The first-order valence-corrected chi connectivity index (χ1v) is 8.78. The summed E-state index contributed by atoms with van der Waals surface area (Å²) in [6.45, 7) is 1.86. The zero-order valence-electron chi connectivity index (χ0n) is 13.1. The van der Waals surface area contributed by atoms with Crippen molar-refractivity contribution in [3.05, 3.63) is 65.2 Å². The van der Waals surface area contributed by atoms with E-state index in [0.717, 1.165) is 11.1 Å². The smallest absolute Gasteiger partial charge is 0.358 e. The average Bonchev–Trinajstić information content (AvgIpc) is 2.55. The third kappa shape index (κ3) is 4.52. The van der Waals surface area contributed by atoms with Crippen LogP contribution in [0.5, 0.6) is 0 Å². The third-order valence-electron chi connectivity index (χ3n) is 3.35. The van der Waals surface area contributed by atoms with E-state index in [-0.39, 0.29) is 17.9 Å². The normalized spacial score (nSPS) is 13.3. The number of esters is 1. The zero-order valence-corrected chi connectivity index (χ0v) is 14.0. The number of hydrogen-bond donors (Lipinski definition) is 1. The molecule has 0 aromatic heterocycles. The van der Waals surface area contributed by atoms with Gasteiger partial charge >= 0.3 is 13.6 Å². The molecule has 23 heavy (non-hydrogen) atoms. The van der Waals surface area contributed by atoms with Crippen molar-refractivity contribution < 1.29 is 23.5 Å². The predicted molar refractivity (Wildman–Crippen MR) is 88.1 cm³/mol. The van der Waals surface area contributed by atoms with Crippen molar-refractivity contribution in [1.29, 1.82) is 0 Å². The topological polar surface area (TPSA) is 72.8 Å². The largest absolute Gasteiger partial charge is 0.465 e. The molecule has 0 fully saturated rings. The monoisotopic (exact) mass is 334 g/mol. The molecule has 1 unspecified atom stereocenters. The molecule has 0 saturated carbocycles. The van der Waals surface area contributed by atoms with Crippen LogP contribution in [-0.4, -0.2) is 24.6 Å². The van der Waals surface area contributed by atoms with Crippen LogP contribution >= 0.6 is 7.60 Å². The van der Waals surface area contributed by atoms with Gasteiger partial charge in [0.15, 0.2) is 0 Å². The molecule has 0 aliphatic carbocycles. The van der Waals surface area contributed by atoms with Gasteiger partial charge in [0.25, 0.3) is 0 Å². The van der Waals surface area contributed by atoms with Crippen molar-refractivity contribution in [3.63, 3.8) is 0 Å². The first kappa shape index (κ1) is 17.4. The summed E-state index contributed by atoms with van der Waals surface area (Å²) in [7, 11) is -2.37. The lowest BCUT2D eigenvalue weighted by Gasteiger charge is -2.11. The van der Waals surface area contributed by atoms with E-state index in [4.69, 9.17) is 4.52 Å². The van der Waals surface area contributed by atoms with Crippen LogP contribution in [0.4, 0.5) is 0 Å². The lowest BCUT2D eigenvalue weighted by Crippen LogP contribution is -2.07. The molecule has 2 aromatic rings. The molecule has 0 aliphatic heterocycles. The van der Waals surface area contributed by atoms with Gasteiger partial charge in [0, 0.05) is 0 Å². The van der Waals surface area contributed by atoms with Crippen molar-refractivity contribution in [1.82, 2.24) is 0 Å². The van der Waals surface area contributed by atoms with Crippen molar-refractivity contribution in [2.24, 2.45) is 0 Å². The molecule has 5 nitrogen and oxygen atoms in total. The van der Waals surface area contributed by atoms with Gasteiger partial charge in [0.2, 0.25) is 0 Å². The first-order valence-electron chi connectivity index (χ1n) is 7.20. The van der Waals surface area contributed by atoms with E-state index >= 15 is 0 Å². The molecule has 1 atom stereocenters. The molecule has 0 spiro atoms. The highest BCUT2D eigenvalue weighted by Gasteiger charge is 2.21. The Bertz CT molecular complexity index is 707. The Hall–Kier alpha value is -1.94. The van der Waals surface area contributed by atoms with Gasteiger partial charge in [-0.3, -0.25) is 4.57 Å². The minimum atomic E-state index is -3.72. The van der Waals surface area contributed by atoms with Crippen LogP contribution in [0.1, 0.15) is 28.4 Å². The van der Waals surface area contributed by atoms with Gasteiger partial charge in [0.1, 0.15) is 0 Å². The molecule has 6 heteroatoms. The Kier molecular flexibility index (Phi) is 5.72. The van der Waals surface area contributed by atoms with Gasteiger partial charge in [-0.15, -0.1) is 0 Å². The molecular formula is C17H19O5P. The standard InChI is InChI=1S/C17H19O5P/c1-3-22-23(19,20)16-10-6-14(7-11-16)12-13-4-8-15(9-5-13)17(18)21-2/h4-11H,3,12H2,1-2H3,(H,19,20). The van der Waals surface area contributed by atoms with Crippen LogP contribution in [0.15, 0.2) is 48.5 Å². The van der Waals surface area contributed by atoms with Gasteiger partial charge < -0.3 is 14.2 Å². The molecule has 2 aromatic carbocycles. The summed E-state index contributed by atoms with van der Waals surface area (Å²) in [5, 5.41) is 0.282. The lowest BCUT2D eigenvalue weighted by molar-refractivity contribution is 0.0600. The van der Waals surface area contributed by atoms with Gasteiger partial charge in [-0.1, -0.05) is 24.3 Å². The van der Waals surface area contributed by atoms with Crippen LogP contribution in [0, 0.1) is 0 Å². The second kappa shape index (κ2) is 7.55. The summed E-state index contributed by atoms with van der Waals surface area (Å²) < 4.78 is 21.4. The van der Waals surface area contributed by atoms with E-state index in [1.165, 1.54) is 7.11 Å². The number of rotatable bonds is 6. The zero-order chi connectivity index (χ0) is 16.9. The van der Waals surface area contributed by atoms with E-state index in [1.807, 2.05) is 12.1 Å². The molecule has 2 rings (SSSR count). The maximum Gasteiger partial charge on any atom is 0.358 e. The van der Waals surface area contributed by atoms with Crippen LogP contribution in [0.3, 0.4) is 0 Å². The highest BCUT2D eigenvalue weighted by Crippen LogP contribution is 2.40. The van der Waals surface area contributed by atoms with E-state index in [0.29, 0.717) is 12.0 Å². The molecule has 0 heterocycles. The second-order valence-corrected chi connectivity index (χ2v) is 6.79. The number of methoxy groups -OCH3 is 1. The van der Waals surface area contributed by atoms with Gasteiger partial charge in [-0.25, -0.2) is 4.79 Å². The highest BCUT2D eigenvalue weighted by atomic mass is 31.2. The van der Waals surface area contributed by atoms with Gasteiger partial charge in [-0.2, -0.15) is 0 Å². The van der Waals surface area contributed by atoms with Crippen LogP contribution in [0.2, 0.25) is 0 Å². The molecule has 0 radical (unpaired) electrons. The van der Waals surface area contributed by atoms with Crippen molar-refractivity contribution in [2.45, 2.75) is 13.3 Å². The van der Waals surface area contributed by atoms with Crippen molar-refractivity contribution in [3.8, 4) is 0 Å². The average molecular weight is 334 g/mol. The minimum absolute atomic E-state index is 0.183. The highest BCUT2D eigenvalue weighted by molar-refractivity contribution is 7.61. The summed E-state index contributed by atoms with van der Waals surface area (Å²) in [5.74, 6) is -0.365. The van der Waals surface area contributed by atoms with Crippen LogP contribution in [0.25, 0.3) is 0 Å². The van der Waals surface area contributed by atoms with E-state index < -0.39 is 7.60 Å². The summed E-state index contributed by atoms with van der Waals surface area (Å²) in [4.78, 5) is 21.1. The fraction of sp³-hybridized carbons (Fsp3) is 0.235. The van der Waals surface area contributed by atoms with Crippen LogP contribution in [-0.2, 0) is 20.2 Å². The molecule has 0 aliphatic rings. The summed E-state index contributed by atoms with van der Waals surface area (Å²) in [5.41, 5.74) is 2.53. The Morgan fingerprint density at radius 2 is 1.57 bits per heavy atom. The number of ether oxygens (including phenoxy) is 1. The lowest BCUT2D eigenvalue weighted by atomic mass is 10.0. The Labute approximate surface area is 135 Å². The van der Waals surface area contributed by atoms with Crippen LogP contribution < -0.4 is 5.30 Å². The number of carbonyl (C=O) groups is 1. The Morgan fingerprint density at radius 1 is 1.04 bits per heavy atom. The third-order valence-corrected chi connectivity index (χ3v) is 4.91. The van der Waals surface area contributed by atoms with E-state index in [9.17, 15) is 14.3 Å². The summed E-state index contributed by atoms with van der Waals surface area (Å²) >= 11 is 0. The van der Waals surface area contributed by atoms with E-state index in [2.05, 4.69) is 4.74 Å². The maximum atomic E-state index is 11.9. The number of carbonyl (C=O) groups excluding carboxylic acids is 1. The SMILES string of the molecule is CCOP(=O)(O)c1ccc(Cc2ccc(C(=O)OC)cc2)cc1.